The van der Waals surface area contributed by atoms with Gasteiger partial charge in [-0.25, -0.2) is 0 Å². The van der Waals surface area contributed by atoms with Gasteiger partial charge >= 0.3 is 0 Å². The second-order valence-electron chi connectivity index (χ2n) is 6.26. The third-order valence-corrected chi connectivity index (χ3v) is 4.50. The Morgan fingerprint density at radius 3 is 2.86 bits per heavy atom. The van der Waals surface area contributed by atoms with Crippen molar-refractivity contribution in [2.45, 2.75) is 63.5 Å². The van der Waals surface area contributed by atoms with Gasteiger partial charge in [0.05, 0.1) is 18.6 Å². The van der Waals surface area contributed by atoms with Gasteiger partial charge in [0.15, 0.2) is 0 Å². The summed E-state index contributed by atoms with van der Waals surface area (Å²) >= 11 is 0. The van der Waals surface area contributed by atoms with Crippen LogP contribution < -0.4 is 11.1 Å². The normalized spacial score (nSPS) is 30.0. The number of carbonyl (C=O) groups excluding carboxylic acids is 1. The van der Waals surface area contributed by atoms with E-state index in [4.69, 9.17) is 15.2 Å². The quantitative estimate of drug-likeness (QED) is 0.553. The van der Waals surface area contributed by atoms with E-state index in [-0.39, 0.29) is 24.0 Å². The van der Waals surface area contributed by atoms with Crippen LogP contribution in [0.25, 0.3) is 0 Å². The fraction of sp³-hybridized carbons (Fsp3) is 0.938. The van der Waals surface area contributed by atoms with Crippen LogP contribution in [0.15, 0.2) is 0 Å². The second kappa shape index (κ2) is 9.38. The number of nitrogens with two attached hydrogens (primary N) is 1. The van der Waals surface area contributed by atoms with Crippen molar-refractivity contribution in [1.82, 2.24) is 5.32 Å². The summed E-state index contributed by atoms with van der Waals surface area (Å²) < 4.78 is 11.1. The first-order chi connectivity index (χ1) is 10.3. The average molecular weight is 298 g/mol. The zero-order valence-electron chi connectivity index (χ0n) is 13.0. The molecule has 0 radical (unpaired) electrons. The fourth-order valence-corrected chi connectivity index (χ4v) is 3.17. The lowest BCUT2D eigenvalue weighted by Gasteiger charge is -2.20. The van der Waals surface area contributed by atoms with E-state index in [1.807, 2.05) is 0 Å². The summed E-state index contributed by atoms with van der Waals surface area (Å²) in [5, 5.41) is 3.01. The Balaban J connectivity index is 1.51. The molecule has 2 rings (SSSR count). The molecule has 0 aromatic rings. The van der Waals surface area contributed by atoms with Crippen molar-refractivity contribution in [2.24, 2.45) is 11.7 Å². The van der Waals surface area contributed by atoms with E-state index in [0.717, 1.165) is 51.6 Å². The Hall–Kier alpha value is -0.650. The summed E-state index contributed by atoms with van der Waals surface area (Å²) in [5.74, 6) is 0.129. The maximum absolute atomic E-state index is 12.2. The first kappa shape index (κ1) is 16.7. The lowest BCUT2D eigenvalue weighted by atomic mass is 9.94. The summed E-state index contributed by atoms with van der Waals surface area (Å²) in [6, 6.07) is 0.0308. The van der Waals surface area contributed by atoms with Gasteiger partial charge in [-0.15, -0.1) is 0 Å². The minimum atomic E-state index is 0.000284. The van der Waals surface area contributed by atoms with Crippen molar-refractivity contribution in [3.63, 3.8) is 0 Å². The van der Waals surface area contributed by atoms with E-state index in [1.54, 1.807) is 0 Å². The number of rotatable bonds is 7. The molecule has 5 nitrogen and oxygen atoms in total. The summed E-state index contributed by atoms with van der Waals surface area (Å²) in [5.41, 5.74) is 6.10. The van der Waals surface area contributed by atoms with Crippen LogP contribution in [0.1, 0.15) is 51.4 Å². The maximum Gasteiger partial charge on any atom is 0.224 e. The molecule has 1 heterocycles. The Morgan fingerprint density at radius 2 is 2.05 bits per heavy atom. The van der Waals surface area contributed by atoms with Crippen LogP contribution >= 0.6 is 0 Å². The molecule has 0 spiro atoms. The van der Waals surface area contributed by atoms with E-state index in [1.165, 1.54) is 6.42 Å². The molecule has 3 N–H and O–H groups in total. The van der Waals surface area contributed by atoms with Gasteiger partial charge in [0.1, 0.15) is 0 Å². The highest BCUT2D eigenvalue weighted by Crippen LogP contribution is 2.22. The number of amides is 1. The third kappa shape index (κ3) is 5.93. The van der Waals surface area contributed by atoms with Crippen molar-refractivity contribution >= 4 is 5.91 Å². The molecule has 21 heavy (non-hydrogen) atoms. The molecule has 2 aliphatic rings. The van der Waals surface area contributed by atoms with Gasteiger partial charge in [-0.2, -0.15) is 0 Å². The molecule has 2 fully saturated rings. The van der Waals surface area contributed by atoms with E-state index < -0.39 is 0 Å². The summed E-state index contributed by atoms with van der Waals surface area (Å²) in [4.78, 5) is 12.2. The van der Waals surface area contributed by atoms with Gasteiger partial charge in [-0.3, -0.25) is 4.79 Å². The molecule has 1 amide bonds. The van der Waals surface area contributed by atoms with Crippen LogP contribution in [0, 0.1) is 5.92 Å². The first-order valence-electron chi connectivity index (χ1n) is 8.50. The lowest BCUT2D eigenvalue weighted by Crippen LogP contribution is -2.41. The van der Waals surface area contributed by atoms with Gasteiger partial charge in [0.25, 0.3) is 0 Å². The number of carbonyl (C=O) groups is 1. The van der Waals surface area contributed by atoms with Crippen molar-refractivity contribution in [3.05, 3.63) is 0 Å². The number of hydrogen-bond donors (Lipinski definition) is 2. The molecule has 1 aliphatic heterocycles. The molecule has 3 atom stereocenters. The Kier molecular flexibility index (Phi) is 7.47. The van der Waals surface area contributed by atoms with Crippen molar-refractivity contribution < 1.29 is 14.3 Å². The van der Waals surface area contributed by atoms with E-state index in [9.17, 15) is 4.79 Å². The lowest BCUT2D eigenvalue weighted by molar-refractivity contribution is -0.125. The predicted molar refractivity (Wildman–Crippen MR) is 82.0 cm³/mol. The topological polar surface area (TPSA) is 73.6 Å². The summed E-state index contributed by atoms with van der Waals surface area (Å²) in [6.45, 7) is 2.90. The highest BCUT2D eigenvalue weighted by molar-refractivity contribution is 5.79. The smallest absolute Gasteiger partial charge is 0.224 e. The Bertz CT molecular complexity index is 306. The minimum absolute atomic E-state index is 0.000284. The largest absolute Gasteiger partial charge is 0.379 e. The van der Waals surface area contributed by atoms with E-state index in [0.29, 0.717) is 19.8 Å². The van der Waals surface area contributed by atoms with Crippen LogP contribution in [-0.2, 0) is 14.3 Å². The monoisotopic (exact) mass is 298 g/mol. The molecule has 3 unspecified atom stereocenters. The average Bonchev–Trinajstić information content (AvgIpc) is 2.90. The number of ether oxygens (including phenoxy) is 2. The fourth-order valence-electron chi connectivity index (χ4n) is 3.17. The van der Waals surface area contributed by atoms with Crippen molar-refractivity contribution in [3.8, 4) is 0 Å². The minimum Gasteiger partial charge on any atom is -0.379 e. The zero-order valence-corrected chi connectivity index (χ0v) is 13.0. The molecule has 5 heteroatoms. The van der Waals surface area contributed by atoms with Crippen LogP contribution in [0.5, 0.6) is 0 Å². The molecule has 0 aromatic carbocycles. The highest BCUT2D eigenvalue weighted by Gasteiger charge is 2.26. The van der Waals surface area contributed by atoms with E-state index >= 15 is 0 Å². The summed E-state index contributed by atoms with van der Waals surface area (Å²) in [7, 11) is 0. The summed E-state index contributed by atoms with van der Waals surface area (Å²) in [6.07, 6.45) is 8.77. The van der Waals surface area contributed by atoms with Crippen LogP contribution in [0.4, 0.5) is 0 Å². The van der Waals surface area contributed by atoms with Crippen LogP contribution in [-0.4, -0.2) is 44.4 Å². The Labute approximate surface area is 127 Å². The van der Waals surface area contributed by atoms with Gasteiger partial charge in [-0.1, -0.05) is 19.3 Å². The molecule has 0 bridgehead atoms. The first-order valence-corrected chi connectivity index (χ1v) is 8.50. The SMILES string of the molecule is NC1CCCCCC1C(=O)NCCCOCC1CCCO1. The molecule has 1 saturated carbocycles. The zero-order chi connectivity index (χ0) is 14.9. The van der Waals surface area contributed by atoms with Crippen LogP contribution in [0.3, 0.4) is 0 Å². The highest BCUT2D eigenvalue weighted by atomic mass is 16.5. The van der Waals surface area contributed by atoms with Gasteiger partial charge in [0, 0.05) is 25.8 Å². The molecule has 122 valence electrons. The van der Waals surface area contributed by atoms with E-state index in [2.05, 4.69) is 5.32 Å². The molecule has 1 saturated heterocycles. The second-order valence-corrected chi connectivity index (χ2v) is 6.26. The maximum atomic E-state index is 12.2. The Morgan fingerprint density at radius 1 is 1.19 bits per heavy atom. The molecular weight excluding hydrogens is 268 g/mol. The van der Waals surface area contributed by atoms with Crippen LogP contribution in [0.2, 0.25) is 0 Å². The van der Waals surface area contributed by atoms with Gasteiger partial charge < -0.3 is 20.5 Å². The standard InChI is InChI=1S/C16H30N2O3/c17-15-8-3-1-2-7-14(15)16(19)18-9-5-10-20-12-13-6-4-11-21-13/h13-15H,1-12,17H2,(H,18,19). The molecule has 1 aliphatic carbocycles. The molecular formula is C16H30N2O3. The number of nitrogens with one attached hydrogen (secondary N) is 1. The van der Waals surface area contributed by atoms with Gasteiger partial charge in [-0.05, 0) is 32.1 Å². The predicted octanol–water partition coefficient (Wildman–Crippen LogP) is 1.60. The third-order valence-electron chi connectivity index (χ3n) is 4.50. The van der Waals surface area contributed by atoms with Crippen molar-refractivity contribution in [1.29, 1.82) is 0 Å². The van der Waals surface area contributed by atoms with Crippen molar-refractivity contribution in [2.75, 3.05) is 26.4 Å². The molecule has 0 aromatic heterocycles. The van der Waals surface area contributed by atoms with Gasteiger partial charge in [0.2, 0.25) is 5.91 Å². The number of hydrogen-bond acceptors (Lipinski definition) is 4.